The molecule has 0 bridgehead atoms. The molecule has 3 atom stereocenters. The molecule has 0 amide bonds. The highest BCUT2D eigenvalue weighted by Crippen LogP contribution is 2.34. The summed E-state index contributed by atoms with van der Waals surface area (Å²) < 4.78 is 0. The number of carboxylic acids is 1. The van der Waals surface area contributed by atoms with Crippen LogP contribution in [0.2, 0.25) is 6.32 Å². The summed E-state index contributed by atoms with van der Waals surface area (Å²) in [6.45, 7) is 0. The minimum Gasteiger partial charge on any atom is -0.480 e. The van der Waals surface area contributed by atoms with Crippen LogP contribution >= 0.6 is 0 Å². The lowest BCUT2D eigenvalue weighted by molar-refractivity contribution is -0.151. The van der Waals surface area contributed by atoms with Crippen molar-refractivity contribution in [2.24, 2.45) is 11.7 Å². The molecule has 0 saturated heterocycles. The first-order valence-electron chi connectivity index (χ1n) is 5.42. The smallest absolute Gasteiger partial charge is 0.451 e. The first-order chi connectivity index (χ1) is 7.36. The fourth-order valence-electron chi connectivity index (χ4n) is 2.23. The van der Waals surface area contributed by atoms with Crippen molar-refractivity contribution in [2.75, 3.05) is 0 Å². The molecule has 1 aliphatic carbocycles. The van der Waals surface area contributed by atoms with Crippen molar-refractivity contribution in [3.8, 4) is 0 Å². The van der Waals surface area contributed by atoms with Crippen molar-refractivity contribution in [2.45, 2.75) is 43.6 Å². The molecule has 0 aromatic heterocycles. The molecule has 0 heterocycles. The summed E-state index contributed by atoms with van der Waals surface area (Å²) in [6.07, 6.45) is 0.874. The highest BCUT2D eigenvalue weighted by molar-refractivity contribution is 6.40. The number of aliphatic carboxylic acids is 1. The fourth-order valence-corrected chi connectivity index (χ4v) is 2.23. The Hall–Kier alpha value is -0.625. The zero-order valence-corrected chi connectivity index (χ0v) is 9.04. The normalized spacial score (nSPS) is 34.8. The van der Waals surface area contributed by atoms with Crippen LogP contribution < -0.4 is 5.73 Å². The Morgan fingerprint density at radius 1 is 1.44 bits per heavy atom. The van der Waals surface area contributed by atoms with Gasteiger partial charge in [0.15, 0.2) is 0 Å². The molecule has 1 rings (SSSR count). The number of nitrogens with two attached hydrogens (primary N) is 1. The summed E-state index contributed by atoms with van der Waals surface area (Å²) in [7, 11) is -1.37. The Morgan fingerprint density at radius 3 is 2.56 bits per heavy atom. The van der Waals surface area contributed by atoms with E-state index in [1.54, 1.807) is 0 Å². The minimum absolute atomic E-state index is 0.0197. The van der Waals surface area contributed by atoms with E-state index in [0.717, 1.165) is 0 Å². The molecule has 16 heavy (non-hydrogen) atoms. The average molecular weight is 231 g/mol. The van der Waals surface area contributed by atoms with E-state index in [2.05, 4.69) is 0 Å². The first-order valence-corrected chi connectivity index (χ1v) is 5.42. The van der Waals surface area contributed by atoms with E-state index < -0.39 is 24.7 Å². The van der Waals surface area contributed by atoms with E-state index in [4.69, 9.17) is 20.9 Å². The Kier molecular flexibility index (Phi) is 4.31. The van der Waals surface area contributed by atoms with Crippen LogP contribution in [0.25, 0.3) is 0 Å². The number of aliphatic hydroxyl groups is 1. The van der Waals surface area contributed by atoms with Gasteiger partial charge in [0, 0.05) is 0 Å². The van der Waals surface area contributed by atoms with Crippen molar-refractivity contribution < 1.29 is 25.1 Å². The predicted octanol–water partition coefficient (Wildman–Crippen LogP) is -1.21. The van der Waals surface area contributed by atoms with Gasteiger partial charge in [-0.15, -0.1) is 0 Å². The van der Waals surface area contributed by atoms with E-state index in [1.165, 1.54) is 0 Å². The zero-order chi connectivity index (χ0) is 12.3. The van der Waals surface area contributed by atoms with Gasteiger partial charge in [-0.05, 0) is 31.5 Å². The first kappa shape index (κ1) is 13.4. The van der Waals surface area contributed by atoms with Crippen molar-refractivity contribution in [1.82, 2.24) is 0 Å². The SMILES string of the molecule is NC1(C(=O)O)CC(CCB(O)O)CC[C@@H]1O. The maximum Gasteiger partial charge on any atom is 0.451 e. The van der Waals surface area contributed by atoms with Crippen molar-refractivity contribution >= 4 is 13.1 Å². The van der Waals surface area contributed by atoms with Crippen LogP contribution in [0.1, 0.15) is 25.7 Å². The molecule has 2 unspecified atom stereocenters. The molecule has 7 heteroatoms. The van der Waals surface area contributed by atoms with Gasteiger partial charge >= 0.3 is 13.1 Å². The lowest BCUT2D eigenvalue weighted by Gasteiger charge is -2.38. The lowest BCUT2D eigenvalue weighted by atomic mass is 9.70. The summed E-state index contributed by atoms with van der Waals surface area (Å²) in [5.41, 5.74) is 4.07. The van der Waals surface area contributed by atoms with Gasteiger partial charge in [0.1, 0.15) is 5.54 Å². The van der Waals surface area contributed by atoms with Gasteiger partial charge in [-0.25, -0.2) is 0 Å². The third-order valence-corrected chi connectivity index (χ3v) is 3.30. The molecule has 0 radical (unpaired) electrons. The standard InChI is InChI=1S/C9H18BNO5/c11-9(8(13)14)5-6(1-2-7(9)12)3-4-10(15)16/h6-7,12,15-16H,1-5,11H2,(H,13,14)/t6?,7-,9?/m0/s1. The van der Waals surface area contributed by atoms with E-state index in [0.29, 0.717) is 19.3 Å². The van der Waals surface area contributed by atoms with Crippen molar-refractivity contribution in [3.63, 3.8) is 0 Å². The van der Waals surface area contributed by atoms with E-state index >= 15 is 0 Å². The molecule has 0 aromatic carbocycles. The van der Waals surface area contributed by atoms with Gasteiger partial charge in [-0.3, -0.25) is 4.79 Å². The second kappa shape index (κ2) is 5.14. The van der Waals surface area contributed by atoms with Gasteiger partial charge in [0.25, 0.3) is 0 Å². The number of hydrogen-bond acceptors (Lipinski definition) is 5. The van der Waals surface area contributed by atoms with Crippen LogP contribution in [0.4, 0.5) is 0 Å². The fraction of sp³-hybridized carbons (Fsp3) is 0.889. The van der Waals surface area contributed by atoms with Gasteiger partial charge in [0.2, 0.25) is 0 Å². The quantitative estimate of drug-likeness (QED) is 0.387. The van der Waals surface area contributed by atoms with Gasteiger partial charge in [-0.2, -0.15) is 0 Å². The lowest BCUT2D eigenvalue weighted by Crippen LogP contribution is -2.60. The third kappa shape index (κ3) is 2.94. The molecule has 1 fully saturated rings. The molecule has 1 saturated carbocycles. The molecule has 6 N–H and O–H groups in total. The number of hydrogen-bond donors (Lipinski definition) is 5. The number of rotatable bonds is 4. The largest absolute Gasteiger partial charge is 0.480 e. The Labute approximate surface area is 94.2 Å². The average Bonchev–Trinajstić information content (AvgIpc) is 2.19. The topological polar surface area (TPSA) is 124 Å². The summed E-state index contributed by atoms with van der Waals surface area (Å²) in [4.78, 5) is 11.0. The number of carboxylic acid groups (broad SMARTS) is 1. The van der Waals surface area contributed by atoms with Crippen LogP contribution in [0.15, 0.2) is 0 Å². The van der Waals surface area contributed by atoms with Crippen LogP contribution in [0, 0.1) is 5.92 Å². The van der Waals surface area contributed by atoms with Crippen LogP contribution in [0.3, 0.4) is 0 Å². The Balaban J connectivity index is 2.57. The molecule has 6 nitrogen and oxygen atoms in total. The number of aliphatic hydroxyl groups excluding tert-OH is 1. The monoisotopic (exact) mass is 231 g/mol. The van der Waals surface area contributed by atoms with Crippen LogP contribution in [0.5, 0.6) is 0 Å². The van der Waals surface area contributed by atoms with E-state index in [9.17, 15) is 9.90 Å². The molecular weight excluding hydrogens is 213 g/mol. The van der Waals surface area contributed by atoms with Crippen molar-refractivity contribution in [1.29, 1.82) is 0 Å². The van der Waals surface area contributed by atoms with Crippen LogP contribution in [-0.4, -0.2) is 45.0 Å². The predicted molar refractivity (Wildman–Crippen MR) is 57.5 cm³/mol. The molecular formula is C9H18BNO5. The summed E-state index contributed by atoms with van der Waals surface area (Å²) >= 11 is 0. The summed E-state index contributed by atoms with van der Waals surface area (Å²) in [5, 5.41) is 36.0. The summed E-state index contributed by atoms with van der Waals surface area (Å²) in [6, 6.07) is 0. The Bertz CT molecular complexity index is 262. The molecule has 0 aliphatic heterocycles. The van der Waals surface area contributed by atoms with Crippen molar-refractivity contribution in [3.05, 3.63) is 0 Å². The van der Waals surface area contributed by atoms with Gasteiger partial charge in [0.05, 0.1) is 6.10 Å². The molecule has 1 aliphatic rings. The summed E-state index contributed by atoms with van der Waals surface area (Å²) in [5.74, 6) is -1.18. The Morgan fingerprint density at radius 2 is 2.06 bits per heavy atom. The van der Waals surface area contributed by atoms with Gasteiger partial charge in [-0.1, -0.05) is 6.42 Å². The van der Waals surface area contributed by atoms with Gasteiger partial charge < -0.3 is 26.0 Å². The zero-order valence-electron chi connectivity index (χ0n) is 9.04. The van der Waals surface area contributed by atoms with E-state index in [1.807, 2.05) is 0 Å². The van der Waals surface area contributed by atoms with Crippen LogP contribution in [-0.2, 0) is 4.79 Å². The van der Waals surface area contributed by atoms with E-state index in [-0.39, 0.29) is 18.7 Å². The maximum atomic E-state index is 11.0. The molecule has 92 valence electrons. The third-order valence-electron chi connectivity index (χ3n) is 3.30. The maximum absolute atomic E-state index is 11.0. The second-order valence-electron chi connectivity index (χ2n) is 4.57. The highest BCUT2D eigenvalue weighted by atomic mass is 16.4. The molecule has 0 aromatic rings. The number of carbonyl (C=O) groups is 1. The highest BCUT2D eigenvalue weighted by Gasteiger charge is 2.46. The minimum atomic E-state index is -1.59. The molecule has 0 spiro atoms. The second-order valence-corrected chi connectivity index (χ2v) is 4.57.